The van der Waals surface area contributed by atoms with Gasteiger partial charge in [-0.3, -0.25) is 4.90 Å². The Morgan fingerprint density at radius 2 is 1.12 bits per heavy atom. The van der Waals surface area contributed by atoms with Crippen molar-refractivity contribution >= 4 is 82.7 Å². The maximum absolute atomic E-state index is 5.15. The molecule has 1 atom stereocenters. The Bertz CT molecular complexity index is 3410. The van der Waals surface area contributed by atoms with Gasteiger partial charge < -0.3 is 10.2 Å². The van der Waals surface area contributed by atoms with Gasteiger partial charge in [-0.25, -0.2) is 15.0 Å². The van der Waals surface area contributed by atoms with Crippen molar-refractivity contribution in [3.63, 3.8) is 0 Å². The molecule has 0 saturated carbocycles. The van der Waals surface area contributed by atoms with Crippen molar-refractivity contribution in [1.82, 2.24) is 20.3 Å². The minimum atomic E-state index is -0.241. The quantitative estimate of drug-likeness (QED) is 0.168. The highest BCUT2D eigenvalue weighted by Crippen LogP contribution is 2.48. The van der Waals surface area contributed by atoms with Crippen LogP contribution in [0.4, 0.5) is 28.8 Å². The van der Waals surface area contributed by atoms with Gasteiger partial charge in [0.15, 0.2) is 0 Å². The number of hydrogen-bond acceptors (Lipinski definition) is 6. The number of hydrogen-bond donors (Lipinski definition) is 1. The van der Waals surface area contributed by atoms with Crippen LogP contribution in [0.1, 0.15) is 65.5 Å². The number of pyridine rings is 3. The fraction of sp³-hybridized carbons (Fsp3) is 0.190. The summed E-state index contributed by atoms with van der Waals surface area (Å²) in [7, 11) is 0. The van der Waals surface area contributed by atoms with Crippen LogP contribution >= 0.6 is 0 Å². The molecular formula is C58H52N6. The average Bonchev–Trinajstić information content (AvgIpc) is 3.30. The lowest BCUT2D eigenvalue weighted by molar-refractivity contribution is 0.593. The Morgan fingerprint density at radius 1 is 0.547 bits per heavy atom. The standard InChI is InChI=1S/C58H52N6/c1-57(2,3)54-47-25-23-44(63(51-29-38-16-7-10-19-41(38)34-60-51)52-30-39-17-8-11-20-42(39)35-61-52)32-49(47)55(58(4,5)6)50-33-45(24-26-48(50)54)64(53-31-40-18-9-12-21-43(40)36-62-53)56-46-22-14-13-15-37(46)27-28-59-56/h7-10,12-19,21-36,52,61H,11,20H2,1-6H3. The van der Waals surface area contributed by atoms with Gasteiger partial charge in [0.05, 0.1) is 0 Å². The van der Waals surface area contributed by atoms with Crippen LogP contribution in [0.3, 0.4) is 0 Å². The number of anilines is 5. The van der Waals surface area contributed by atoms with E-state index in [4.69, 9.17) is 15.0 Å². The fourth-order valence-electron chi connectivity index (χ4n) is 10.2. The summed E-state index contributed by atoms with van der Waals surface area (Å²) in [5.41, 5.74) is 6.91. The molecule has 6 nitrogen and oxygen atoms in total. The molecule has 3 aromatic heterocycles. The molecule has 4 heterocycles. The van der Waals surface area contributed by atoms with Crippen LogP contribution in [0, 0.1) is 0 Å². The van der Waals surface area contributed by atoms with Crippen molar-refractivity contribution in [3.05, 3.63) is 193 Å². The molecule has 0 spiro atoms. The fourth-order valence-corrected chi connectivity index (χ4v) is 10.2. The topological polar surface area (TPSA) is 57.2 Å². The molecule has 0 saturated heterocycles. The molecule has 1 N–H and O–H groups in total. The Balaban J connectivity index is 1.18. The first-order chi connectivity index (χ1) is 31.0. The average molecular weight is 833 g/mol. The van der Waals surface area contributed by atoms with Crippen LogP contribution in [0.5, 0.6) is 0 Å². The van der Waals surface area contributed by atoms with Crippen molar-refractivity contribution < 1.29 is 0 Å². The van der Waals surface area contributed by atoms with Crippen LogP contribution < -0.4 is 15.1 Å². The molecule has 9 aromatic rings. The van der Waals surface area contributed by atoms with E-state index >= 15 is 0 Å². The summed E-state index contributed by atoms with van der Waals surface area (Å²) in [6, 6.07) is 46.0. The Labute approximate surface area is 375 Å². The first kappa shape index (κ1) is 39.5. The number of nitrogens with zero attached hydrogens (tertiary/aromatic N) is 5. The molecule has 64 heavy (non-hydrogen) atoms. The molecule has 11 rings (SSSR count). The predicted molar refractivity (Wildman–Crippen MR) is 269 cm³/mol. The Hall–Kier alpha value is -7.31. The van der Waals surface area contributed by atoms with Crippen LogP contribution in [0.15, 0.2) is 182 Å². The van der Waals surface area contributed by atoms with Gasteiger partial charge in [0.1, 0.15) is 23.6 Å². The smallest absolute Gasteiger partial charge is 0.146 e. The van der Waals surface area contributed by atoms with E-state index in [9.17, 15) is 0 Å². The molecule has 0 bridgehead atoms. The van der Waals surface area contributed by atoms with Gasteiger partial charge in [-0.1, -0.05) is 139 Å². The van der Waals surface area contributed by atoms with Gasteiger partial charge in [0.2, 0.25) is 0 Å². The van der Waals surface area contributed by atoms with Crippen molar-refractivity contribution in [3.8, 4) is 0 Å². The van der Waals surface area contributed by atoms with E-state index in [0.29, 0.717) is 0 Å². The lowest BCUT2D eigenvalue weighted by Gasteiger charge is -2.36. The summed E-state index contributed by atoms with van der Waals surface area (Å²) in [5.74, 6) is 2.55. The highest BCUT2D eigenvalue weighted by atomic mass is 15.3. The maximum Gasteiger partial charge on any atom is 0.146 e. The SMILES string of the molecule is CC(C)(C)c1c2ccc(N(c3cc4ccccc4cn3)c3nccc4ccccc34)cc2c(C(C)(C)C)c2cc(N(c3cc4ccccc4cn3)C3C=C4C=CCCC4=CN3)ccc12. The number of rotatable bonds is 6. The van der Waals surface area contributed by atoms with Crippen molar-refractivity contribution in [2.45, 2.75) is 71.4 Å². The third-order valence-corrected chi connectivity index (χ3v) is 13.0. The number of aromatic nitrogens is 3. The van der Waals surface area contributed by atoms with Crippen LogP contribution in [-0.4, -0.2) is 21.1 Å². The van der Waals surface area contributed by atoms with E-state index < -0.39 is 0 Å². The van der Waals surface area contributed by atoms with Crippen molar-refractivity contribution in [1.29, 1.82) is 0 Å². The maximum atomic E-state index is 5.15. The number of nitrogens with one attached hydrogen (secondary N) is 1. The second-order valence-electron chi connectivity index (χ2n) is 19.4. The molecule has 1 unspecified atom stereocenters. The lowest BCUT2D eigenvalue weighted by atomic mass is 9.74. The van der Waals surface area contributed by atoms with Crippen LogP contribution in [0.25, 0.3) is 53.9 Å². The zero-order valence-corrected chi connectivity index (χ0v) is 37.4. The second-order valence-corrected chi connectivity index (χ2v) is 19.4. The molecule has 1 aliphatic heterocycles. The van der Waals surface area contributed by atoms with Crippen LogP contribution in [0.2, 0.25) is 0 Å². The van der Waals surface area contributed by atoms with Gasteiger partial charge in [0, 0.05) is 52.3 Å². The molecule has 6 aromatic carbocycles. The minimum Gasteiger partial charge on any atom is -0.367 e. The molecule has 0 fully saturated rings. The molecule has 1 aliphatic carbocycles. The van der Waals surface area contributed by atoms with Gasteiger partial charge in [-0.05, 0) is 132 Å². The normalized spacial score (nSPS) is 15.3. The zero-order chi connectivity index (χ0) is 43.7. The number of benzene rings is 6. The summed E-state index contributed by atoms with van der Waals surface area (Å²) in [5, 5.41) is 15.5. The van der Waals surface area contributed by atoms with E-state index in [2.05, 4.69) is 208 Å². The molecule has 314 valence electrons. The Morgan fingerprint density at radius 3 is 1.81 bits per heavy atom. The highest BCUT2D eigenvalue weighted by molar-refractivity contribution is 6.10. The monoisotopic (exact) mass is 832 g/mol. The van der Waals surface area contributed by atoms with E-state index in [1.54, 1.807) is 0 Å². The Kier molecular flexibility index (Phi) is 9.39. The second kappa shape index (κ2) is 15.2. The summed E-state index contributed by atoms with van der Waals surface area (Å²) in [6.07, 6.45) is 17.0. The number of allylic oxidation sites excluding steroid dienone is 4. The van der Waals surface area contributed by atoms with Gasteiger partial charge in [-0.15, -0.1) is 0 Å². The van der Waals surface area contributed by atoms with E-state index in [1.165, 1.54) is 43.8 Å². The summed E-state index contributed by atoms with van der Waals surface area (Å²) >= 11 is 0. The molecule has 0 amide bonds. The first-order valence-corrected chi connectivity index (χ1v) is 22.5. The summed E-state index contributed by atoms with van der Waals surface area (Å²) in [6.45, 7) is 14.1. The molecule has 6 heteroatoms. The largest absolute Gasteiger partial charge is 0.367 e. The highest BCUT2D eigenvalue weighted by Gasteiger charge is 2.31. The van der Waals surface area contributed by atoms with Gasteiger partial charge in [0.25, 0.3) is 0 Å². The van der Waals surface area contributed by atoms with Crippen molar-refractivity contribution in [2.24, 2.45) is 0 Å². The molecular weight excluding hydrogens is 781 g/mol. The van der Waals surface area contributed by atoms with E-state index in [0.717, 1.165) is 74.0 Å². The molecule has 2 aliphatic rings. The number of dihydropyridines is 1. The van der Waals surface area contributed by atoms with Gasteiger partial charge >= 0.3 is 0 Å². The zero-order valence-electron chi connectivity index (χ0n) is 37.4. The predicted octanol–water partition coefficient (Wildman–Crippen LogP) is 14.9. The lowest BCUT2D eigenvalue weighted by Crippen LogP contribution is -2.42. The third kappa shape index (κ3) is 6.85. The van der Waals surface area contributed by atoms with Gasteiger partial charge in [-0.2, -0.15) is 0 Å². The van der Waals surface area contributed by atoms with Crippen molar-refractivity contribution in [2.75, 3.05) is 9.80 Å². The first-order valence-electron chi connectivity index (χ1n) is 22.5. The summed E-state index contributed by atoms with van der Waals surface area (Å²) in [4.78, 5) is 20.0. The summed E-state index contributed by atoms with van der Waals surface area (Å²) < 4.78 is 0. The third-order valence-electron chi connectivity index (χ3n) is 13.0. The minimum absolute atomic E-state index is 0.156. The van der Waals surface area contributed by atoms with Crippen LogP contribution in [-0.2, 0) is 10.8 Å². The van der Waals surface area contributed by atoms with E-state index in [1.807, 2.05) is 18.6 Å². The molecule has 0 radical (unpaired) electrons. The van der Waals surface area contributed by atoms with E-state index in [-0.39, 0.29) is 17.0 Å². The number of fused-ring (bicyclic) bond motifs is 6.